The number of hydrogen-bond donors (Lipinski definition) is 0. The van der Waals surface area contributed by atoms with Gasteiger partial charge in [-0.3, -0.25) is 4.79 Å². The number of esters is 1. The molecule has 0 atom stereocenters. The molecule has 0 unspecified atom stereocenters. The van der Waals surface area contributed by atoms with Crippen LogP contribution in [0.3, 0.4) is 0 Å². The highest BCUT2D eigenvalue weighted by molar-refractivity contribution is 14.1. The minimum atomic E-state index is -0.705. The van der Waals surface area contributed by atoms with E-state index >= 15 is 0 Å². The lowest BCUT2D eigenvalue weighted by molar-refractivity contribution is -0.399. The Morgan fingerprint density at radius 1 is 1.13 bits per heavy atom. The van der Waals surface area contributed by atoms with Crippen molar-refractivity contribution < 1.29 is 28.5 Å². The zero-order valence-electron chi connectivity index (χ0n) is 17.7. The van der Waals surface area contributed by atoms with E-state index in [1.807, 2.05) is 58.0 Å². The summed E-state index contributed by atoms with van der Waals surface area (Å²) in [5, 5.41) is 0. The Morgan fingerprint density at radius 3 is 2.33 bits per heavy atom. The van der Waals surface area contributed by atoms with Gasteiger partial charge in [-0.25, -0.2) is 9.36 Å². The normalized spacial score (nSPS) is 18.6. The third-order valence-electron chi connectivity index (χ3n) is 4.70. The maximum atomic E-state index is 13.0. The highest BCUT2D eigenvalue weighted by Crippen LogP contribution is 2.44. The first kappa shape index (κ1) is 22.8. The van der Waals surface area contributed by atoms with Crippen LogP contribution in [0.4, 0.5) is 4.79 Å². The monoisotopic (exact) mass is 527 g/mol. The van der Waals surface area contributed by atoms with Gasteiger partial charge in [-0.05, 0) is 67.8 Å². The number of carbonyl (C=O) groups excluding carboxylic acids is 2. The van der Waals surface area contributed by atoms with Crippen LogP contribution in [0.5, 0.6) is 0 Å². The largest absolute Gasteiger partial charge is 0.469 e. The number of methoxy groups -OCH3 is 1. The molecule has 0 bridgehead atoms. The van der Waals surface area contributed by atoms with Gasteiger partial charge in [0.2, 0.25) is 6.29 Å². The molecule has 0 aliphatic carbocycles. The molecular weight excluding hydrogens is 501 g/mol. The van der Waals surface area contributed by atoms with Crippen molar-refractivity contribution in [3.8, 4) is 0 Å². The van der Waals surface area contributed by atoms with Crippen LogP contribution in [-0.2, 0) is 30.2 Å². The fourth-order valence-electron chi connectivity index (χ4n) is 3.24. The van der Waals surface area contributed by atoms with Crippen LogP contribution in [0.1, 0.15) is 62.2 Å². The summed E-state index contributed by atoms with van der Waals surface area (Å²) < 4.78 is 24.5. The van der Waals surface area contributed by atoms with E-state index in [0.717, 1.165) is 16.7 Å². The molecular formula is C22H26INO6. The van der Waals surface area contributed by atoms with Gasteiger partial charge in [-0.2, -0.15) is 0 Å². The van der Waals surface area contributed by atoms with Crippen LogP contribution in [0.15, 0.2) is 30.3 Å². The van der Waals surface area contributed by atoms with Gasteiger partial charge in [-0.15, -0.1) is 0 Å². The molecule has 1 aliphatic rings. The Hall–Kier alpha value is -1.91. The topological polar surface area (TPSA) is 76.0 Å². The fourth-order valence-corrected chi connectivity index (χ4v) is 4.37. The minimum absolute atomic E-state index is 0.212. The number of ether oxygens (including phenoxy) is 4. The van der Waals surface area contributed by atoms with E-state index in [1.165, 1.54) is 11.7 Å². The van der Waals surface area contributed by atoms with E-state index in [-0.39, 0.29) is 12.4 Å². The Labute approximate surface area is 189 Å². The van der Waals surface area contributed by atoms with Crippen LogP contribution in [0.2, 0.25) is 0 Å². The average molecular weight is 527 g/mol. The summed E-state index contributed by atoms with van der Waals surface area (Å²) in [7, 11) is 1.36. The molecule has 0 amide bonds. The standard InChI is InChI=1S/C22H26INO6/c1-13-15(11-12-16(25)27-5)18(23)24(21(26)30-22(2,3)4)17(13)20-28-19(29-20)14-9-7-6-8-10-14/h6-10,19-20H,11-12H2,1-5H3. The predicted molar refractivity (Wildman–Crippen MR) is 118 cm³/mol. The third kappa shape index (κ3) is 4.87. The lowest BCUT2D eigenvalue weighted by Gasteiger charge is -2.37. The first-order chi connectivity index (χ1) is 14.1. The smallest absolute Gasteiger partial charge is 0.419 e. The average Bonchev–Trinajstić information content (AvgIpc) is 2.88. The number of nitrogens with zero attached hydrogens (tertiary/aromatic N) is 1. The number of carbonyl (C=O) groups is 2. The Morgan fingerprint density at radius 2 is 1.77 bits per heavy atom. The molecule has 8 heteroatoms. The van der Waals surface area contributed by atoms with Crippen LogP contribution in [0.25, 0.3) is 0 Å². The van der Waals surface area contributed by atoms with Crippen LogP contribution >= 0.6 is 22.6 Å². The number of benzene rings is 1. The molecule has 2 heterocycles. The zero-order chi connectivity index (χ0) is 22.1. The van der Waals surface area contributed by atoms with E-state index in [2.05, 4.69) is 22.6 Å². The second-order valence-electron chi connectivity index (χ2n) is 8.02. The van der Waals surface area contributed by atoms with Crippen molar-refractivity contribution in [2.45, 2.75) is 58.7 Å². The number of halogens is 1. The lowest BCUT2D eigenvalue weighted by Crippen LogP contribution is -2.33. The van der Waals surface area contributed by atoms with E-state index in [4.69, 9.17) is 18.9 Å². The zero-order valence-corrected chi connectivity index (χ0v) is 19.9. The van der Waals surface area contributed by atoms with E-state index in [9.17, 15) is 9.59 Å². The van der Waals surface area contributed by atoms with Crippen molar-refractivity contribution in [3.05, 3.63) is 56.4 Å². The number of hydrogen-bond acceptors (Lipinski definition) is 6. The molecule has 0 saturated carbocycles. The second kappa shape index (κ2) is 9.07. The van der Waals surface area contributed by atoms with Crippen molar-refractivity contribution in [3.63, 3.8) is 0 Å². The van der Waals surface area contributed by atoms with Gasteiger partial charge in [-0.1, -0.05) is 30.3 Å². The maximum Gasteiger partial charge on any atom is 0.419 e. The van der Waals surface area contributed by atoms with Gasteiger partial charge < -0.3 is 18.9 Å². The van der Waals surface area contributed by atoms with Crippen molar-refractivity contribution in [1.82, 2.24) is 4.57 Å². The summed E-state index contributed by atoms with van der Waals surface area (Å²) in [6.45, 7) is 7.34. The summed E-state index contributed by atoms with van der Waals surface area (Å²) in [5.74, 6) is -0.308. The molecule has 7 nitrogen and oxygen atoms in total. The molecule has 0 radical (unpaired) electrons. The Bertz CT molecular complexity index is 925. The summed E-state index contributed by atoms with van der Waals surface area (Å²) in [5.41, 5.74) is 2.54. The highest BCUT2D eigenvalue weighted by Gasteiger charge is 2.40. The first-order valence-electron chi connectivity index (χ1n) is 9.68. The van der Waals surface area contributed by atoms with E-state index < -0.39 is 24.3 Å². The van der Waals surface area contributed by atoms with Gasteiger partial charge in [0.05, 0.1) is 16.5 Å². The summed E-state index contributed by atoms with van der Waals surface area (Å²) in [4.78, 5) is 24.6. The molecule has 162 valence electrons. The van der Waals surface area contributed by atoms with Gasteiger partial charge in [0.15, 0.2) is 6.29 Å². The predicted octanol–water partition coefficient (Wildman–Crippen LogP) is 5.03. The van der Waals surface area contributed by atoms with Gasteiger partial charge in [0.25, 0.3) is 0 Å². The fraction of sp³-hybridized carbons (Fsp3) is 0.455. The molecule has 1 aliphatic heterocycles. The van der Waals surface area contributed by atoms with Crippen molar-refractivity contribution in [2.24, 2.45) is 0 Å². The summed E-state index contributed by atoms with van der Waals surface area (Å²) >= 11 is 2.10. The van der Waals surface area contributed by atoms with Crippen LogP contribution < -0.4 is 0 Å². The van der Waals surface area contributed by atoms with Gasteiger partial charge >= 0.3 is 12.1 Å². The number of aromatic nitrogens is 1. The first-order valence-corrected chi connectivity index (χ1v) is 10.8. The van der Waals surface area contributed by atoms with Crippen molar-refractivity contribution in [1.29, 1.82) is 0 Å². The second-order valence-corrected chi connectivity index (χ2v) is 9.04. The molecule has 1 saturated heterocycles. The maximum absolute atomic E-state index is 13.0. The Kier molecular flexibility index (Phi) is 6.88. The van der Waals surface area contributed by atoms with Crippen LogP contribution in [0, 0.1) is 10.6 Å². The Balaban J connectivity index is 1.92. The van der Waals surface area contributed by atoms with E-state index in [1.54, 1.807) is 0 Å². The quantitative estimate of drug-likeness (QED) is 0.401. The highest BCUT2D eigenvalue weighted by atomic mass is 127. The van der Waals surface area contributed by atoms with Crippen molar-refractivity contribution in [2.75, 3.05) is 7.11 Å². The SMILES string of the molecule is COC(=O)CCc1c(C)c(C2OC(c3ccccc3)O2)n(C(=O)OC(C)(C)C)c1I. The third-order valence-corrected chi connectivity index (χ3v) is 5.83. The lowest BCUT2D eigenvalue weighted by atomic mass is 10.1. The van der Waals surface area contributed by atoms with Crippen LogP contribution in [-0.4, -0.2) is 29.3 Å². The summed E-state index contributed by atoms with van der Waals surface area (Å²) in [6, 6.07) is 9.60. The van der Waals surface area contributed by atoms with E-state index in [0.29, 0.717) is 15.8 Å². The molecule has 1 aromatic carbocycles. The molecule has 30 heavy (non-hydrogen) atoms. The van der Waals surface area contributed by atoms with Gasteiger partial charge in [0.1, 0.15) is 5.60 Å². The molecule has 1 fully saturated rings. The van der Waals surface area contributed by atoms with Crippen molar-refractivity contribution >= 4 is 34.7 Å². The molecule has 3 rings (SSSR count). The molecule has 1 aromatic heterocycles. The molecule has 0 N–H and O–H groups in total. The minimum Gasteiger partial charge on any atom is -0.469 e. The number of rotatable bonds is 5. The molecule has 0 spiro atoms. The van der Waals surface area contributed by atoms with Gasteiger partial charge in [0, 0.05) is 12.0 Å². The molecule has 2 aromatic rings. The summed E-state index contributed by atoms with van der Waals surface area (Å²) in [6.07, 6.45) is -1.06.